The van der Waals surface area contributed by atoms with Crippen LogP contribution in [0.2, 0.25) is 0 Å². The molecule has 4 heteroatoms. The predicted molar refractivity (Wildman–Crippen MR) is 102 cm³/mol. The van der Waals surface area contributed by atoms with Crippen molar-refractivity contribution in [2.45, 2.75) is 20.4 Å². The van der Waals surface area contributed by atoms with Crippen LogP contribution in [0.5, 0.6) is 0 Å². The Morgan fingerprint density at radius 2 is 1.54 bits per heavy atom. The van der Waals surface area contributed by atoms with Crippen molar-refractivity contribution in [3.8, 4) is 0 Å². The molecule has 4 nitrogen and oxygen atoms in total. The molecule has 0 unspecified atom stereocenters. The second-order valence-electron chi connectivity index (χ2n) is 6.55. The molecule has 0 bridgehead atoms. The first kappa shape index (κ1) is 18.0. The van der Waals surface area contributed by atoms with Gasteiger partial charge in [0.1, 0.15) is 0 Å². The number of rotatable bonds is 6. The Kier molecular flexibility index (Phi) is 5.99. The van der Waals surface area contributed by atoms with Crippen molar-refractivity contribution < 1.29 is 4.79 Å². The van der Waals surface area contributed by atoms with Gasteiger partial charge in [0, 0.05) is 32.0 Å². The minimum Gasteiger partial charge on any atom is -0.378 e. The van der Waals surface area contributed by atoms with Gasteiger partial charge in [-0.3, -0.25) is 9.69 Å². The highest BCUT2D eigenvalue weighted by Crippen LogP contribution is 2.19. The molecule has 2 aromatic rings. The zero-order chi connectivity index (χ0) is 17.7. The molecule has 0 heterocycles. The lowest BCUT2D eigenvalue weighted by molar-refractivity contribution is -0.117. The second-order valence-corrected chi connectivity index (χ2v) is 6.55. The SMILES string of the molecule is Cc1cccc(C)c1NC(=O)CN(C)Cc1ccc(N(C)C)cc1. The fourth-order valence-corrected chi connectivity index (χ4v) is 2.70. The average molecular weight is 325 g/mol. The summed E-state index contributed by atoms with van der Waals surface area (Å²) in [6, 6.07) is 14.4. The summed E-state index contributed by atoms with van der Waals surface area (Å²) in [7, 11) is 6.02. The minimum absolute atomic E-state index is 0.0137. The number of nitrogens with zero attached hydrogens (tertiary/aromatic N) is 2. The highest BCUT2D eigenvalue weighted by molar-refractivity contribution is 5.93. The number of carbonyl (C=O) groups is 1. The van der Waals surface area contributed by atoms with Crippen LogP contribution in [0.4, 0.5) is 11.4 Å². The van der Waals surface area contributed by atoms with Crippen molar-refractivity contribution in [1.29, 1.82) is 0 Å². The molecule has 0 saturated heterocycles. The highest BCUT2D eigenvalue weighted by atomic mass is 16.2. The van der Waals surface area contributed by atoms with Crippen LogP contribution in [0.1, 0.15) is 16.7 Å². The summed E-state index contributed by atoms with van der Waals surface area (Å²) >= 11 is 0. The molecule has 24 heavy (non-hydrogen) atoms. The third-order valence-electron chi connectivity index (χ3n) is 4.06. The maximum atomic E-state index is 12.3. The number of amides is 1. The van der Waals surface area contributed by atoms with E-state index >= 15 is 0 Å². The molecule has 128 valence electrons. The number of aryl methyl sites for hydroxylation is 2. The Bertz CT molecular complexity index is 672. The largest absolute Gasteiger partial charge is 0.378 e. The van der Waals surface area contributed by atoms with Gasteiger partial charge in [0.05, 0.1) is 6.54 Å². The zero-order valence-electron chi connectivity index (χ0n) is 15.3. The Morgan fingerprint density at radius 3 is 2.08 bits per heavy atom. The van der Waals surface area contributed by atoms with Gasteiger partial charge >= 0.3 is 0 Å². The molecule has 0 radical (unpaired) electrons. The van der Waals surface area contributed by atoms with Crippen molar-refractivity contribution in [2.75, 3.05) is 37.9 Å². The number of likely N-dealkylation sites (N-methyl/N-ethyl adjacent to an activating group) is 1. The normalized spacial score (nSPS) is 10.8. The highest BCUT2D eigenvalue weighted by Gasteiger charge is 2.10. The van der Waals surface area contributed by atoms with Gasteiger partial charge in [0.15, 0.2) is 0 Å². The predicted octanol–water partition coefficient (Wildman–Crippen LogP) is 3.44. The summed E-state index contributed by atoms with van der Waals surface area (Å²) in [5.41, 5.74) is 5.47. The van der Waals surface area contributed by atoms with E-state index in [1.165, 1.54) is 11.3 Å². The summed E-state index contributed by atoms with van der Waals surface area (Å²) in [6.07, 6.45) is 0. The number of anilines is 2. The Hall–Kier alpha value is -2.33. The van der Waals surface area contributed by atoms with E-state index in [9.17, 15) is 4.79 Å². The summed E-state index contributed by atoms with van der Waals surface area (Å²) < 4.78 is 0. The van der Waals surface area contributed by atoms with Crippen LogP contribution in [0, 0.1) is 13.8 Å². The van der Waals surface area contributed by atoms with E-state index in [0.717, 1.165) is 23.4 Å². The summed E-state index contributed by atoms with van der Waals surface area (Å²) in [6.45, 7) is 5.13. The molecule has 0 atom stereocenters. The van der Waals surface area contributed by atoms with Crippen LogP contribution in [0.25, 0.3) is 0 Å². The topological polar surface area (TPSA) is 35.6 Å². The van der Waals surface area contributed by atoms with Gasteiger partial charge in [0.2, 0.25) is 5.91 Å². The molecule has 0 aliphatic carbocycles. The fourth-order valence-electron chi connectivity index (χ4n) is 2.70. The molecule has 0 aromatic heterocycles. The van der Waals surface area contributed by atoms with Gasteiger partial charge in [-0.15, -0.1) is 0 Å². The van der Waals surface area contributed by atoms with Crippen molar-refractivity contribution in [2.24, 2.45) is 0 Å². The lowest BCUT2D eigenvalue weighted by Gasteiger charge is -2.18. The molecule has 0 aliphatic rings. The van der Waals surface area contributed by atoms with Gasteiger partial charge in [-0.25, -0.2) is 0 Å². The second kappa shape index (κ2) is 7.97. The number of carbonyl (C=O) groups excluding carboxylic acids is 1. The quantitative estimate of drug-likeness (QED) is 0.884. The molecule has 2 rings (SSSR count). The van der Waals surface area contributed by atoms with E-state index in [4.69, 9.17) is 0 Å². The summed E-state index contributed by atoms with van der Waals surface area (Å²) in [4.78, 5) is 16.4. The molecule has 0 saturated carbocycles. The van der Waals surface area contributed by atoms with Crippen LogP contribution in [-0.4, -0.2) is 38.5 Å². The van der Waals surface area contributed by atoms with Crippen LogP contribution in [0.15, 0.2) is 42.5 Å². The smallest absolute Gasteiger partial charge is 0.238 e. The third kappa shape index (κ3) is 4.83. The van der Waals surface area contributed by atoms with Gasteiger partial charge in [-0.05, 0) is 49.7 Å². The molecular weight excluding hydrogens is 298 g/mol. The van der Waals surface area contributed by atoms with Crippen LogP contribution in [-0.2, 0) is 11.3 Å². The maximum absolute atomic E-state index is 12.3. The first-order valence-corrected chi connectivity index (χ1v) is 8.17. The average Bonchev–Trinajstić information content (AvgIpc) is 2.51. The summed E-state index contributed by atoms with van der Waals surface area (Å²) in [5.74, 6) is 0.0137. The number of hydrogen-bond donors (Lipinski definition) is 1. The van der Waals surface area contributed by atoms with Gasteiger partial charge < -0.3 is 10.2 Å². The standard InChI is InChI=1S/C20H27N3O/c1-15-7-6-8-16(2)20(15)21-19(24)14-23(5)13-17-9-11-18(12-10-17)22(3)4/h6-12H,13-14H2,1-5H3,(H,21,24). The number of benzene rings is 2. The molecular formula is C20H27N3O. The van der Waals surface area contributed by atoms with Crippen LogP contribution in [0.3, 0.4) is 0 Å². The van der Waals surface area contributed by atoms with Crippen molar-refractivity contribution in [3.05, 3.63) is 59.2 Å². The number of hydrogen-bond acceptors (Lipinski definition) is 3. The Balaban J connectivity index is 1.92. The van der Waals surface area contributed by atoms with Gasteiger partial charge in [-0.2, -0.15) is 0 Å². The first-order chi connectivity index (χ1) is 11.4. The summed E-state index contributed by atoms with van der Waals surface area (Å²) in [5, 5.41) is 3.03. The van der Waals surface area contributed by atoms with Crippen LogP contribution < -0.4 is 10.2 Å². The monoisotopic (exact) mass is 325 g/mol. The van der Waals surface area contributed by atoms with E-state index in [1.807, 2.05) is 58.1 Å². The van der Waals surface area contributed by atoms with Crippen molar-refractivity contribution in [3.63, 3.8) is 0 Å². The third-order valence-corrected chi connectivity index (χ3v) is 4.06. The fraction of sp³-hybridized carbons (Fsp3) is 0.350. The van der Waals surface area contributed by atoms with Gasteiger partial charge in [-0.1, -0.05) is 30.3 Å². The van der Waals surface area contributed by atoms with Gasteiger partial charge in [0.25, 0.3) is 0 Å². The molecule has 1 N–H and O–H groups in total. The lowest BCUT2D eigenvalue weighted by atomic mass is 10.1. The lowest BCUT2D eigenvalue weighted by Crippen LogP contribution is -2.30. The first-order valence-electron chi connectivity index (χ1n) is 8.17. The Labute approximate surface area is 145 Å². The molecule has 2 aromatic carbocycles. The molecule has 1 amide bonds. The maximum Gasteiger partial charge on any atom is 0.238 e. The Morgan fingerprint density at radius 1 is 0.958 bits per heavy atom. The van der Waals surface area contributed by atoms with Crippen molar-refractivity contribution in [1.82, 2.24) is 4.90 Å². The number of nitrogens with one attached hydrogen (secondary N) is 1. The van der Waals surface area contributed by atoms with E-state index in [0.29, 0.717) is 6.54 Å². The number of para-hydroxylation sites is 1. The van der Waals surface area contributed by atoms with Crippen LogP contribution >= 0.6 is 0 Å². The van der Waals surface area contributed by atoms with E-state index in [2.05, 4.69) is 34.5 Å². The molecule has 0 aliphatic heterocycles. The van der Waals surface area contributed by atoms with E-state index in [1.54, 1.807) is 0 Å². The molecule has 0 spiro atoms. The molecule has 0 fully saturated rings. The van der Waals surface area contributed by atoms with Crippen molar-refractivity contribution >= 4 is 17.3 Å². The van der Waals surface area contributed by atoms with E-state index in [-0.39, 0.29) is 5.91 Å². The zero-order valence-corrected chi connectivity index (χ0v) is 15.3. The van der Waals surface area contributed by atoms with E-state index < -0.39 is 0 Å². The minimum atomic E-state index is 0.0137.